The van der Waals surface area contributed by atoms with Crippen LogP contribution in [0.3, 0.4) is 0 Å². The van der Waals surface area contributed by atoms with Gasteiger partial charge in [-0.2, -0.15) is 0 Å². The highest BCUT2D eigenvalue weighted by molar-refractivity contribution is 9.10. The first kappa shape index (κ1) is 15.4. The van der Waals surface area contributed by atoms with Crippen molar-refractivity contribution >= 4 is 33.2 Å². The van der Waals surface area contributed by atoms with Crippen molar-refractivity contribution in [3.8, 4) is 5.75 Å². The Hall–Kier alpha value is -2.01. The second-order valence-corrected chi connectivity index (χ2v) is 5.49. The van der Waals surface area contributed by atoms with Gasteiger partial charge in [0.25, 0.3) is 0 Å². The zero-order valence-corrected chi connectivity index (χ0v) is 13.3. The van der Waals surface area contributed by atoms with Gasteiger partial charge < -0.3 is 15.8 Å². The Bertz CT molecular complexity index is 627. The van der Waals surface area contributed by atoms with Crippen molar-refractivity contribution in [1.82, 2.24) is 0 Å². The number of methoxy groups -OCH3 is 1. The summed E-state index contributed by atoms with van der Waals surface area (Å²) in [6, 6.07) is 13.0. The van der Waals surface area contributed by atoms with Crippen molar-refractivity contribution in [2.75, 3.05) is 18.2 Å². The van der Waals surface area contributed by atoms with Crippen LogP contribution in [-0.2, 0) is 11.2 Å². The van der Waals surface area contributed by atoms with Crippen LogP contribution in [0.15, 0.2) is 46.9 Å². The second kappa shape index (κ2) is 7.13. The number of amides is 1. The van der Waals surface area contributed by atoms with E-state index in [4.69, 9.17) is 10.5 Å². The summed E-state index contributed by atoms with van der Waals surface area (Å²) in [5.74, 6) is 0.660. The molecule has 0 radical (unpaired) electrons. The number of hydrogen-bond acceptors (Lipinski definition) is 3. The molecule has 5 heteroatoms. The fourth-order valence-electron chi connectivity index (χ4n) is 1.88. The Morgan fingerprint density at radius 3 is 2.62 bits per heavy atom. The van der Waals surface area contributed by atoms with E-state index in [2.05, 4.69) is 21.2 Å². The topological polar surface area (TPSA) is 64.3 Å². The first-order valence-corrected chi connectivity index (χ1v) is 7.35. The summed E-state index contributed by atoms with van der Waals surface area (Å²) in [7, 11) is 1.59. The van der Waals surface area contributed by atoms with Gasteiger partial charge in [-0.3, -0.25) is 4.79 Å². The quantitative estimate of drug-likeness (QED) is 0.811. The third-order valence-electron chi connectivity index (χ3n) is 3.07. The zero-order valence-electron chi connectivity index (χ0n) is 11.7. The molecule has 0 fully saturated rings. The first-order valence-electron chi connectivity index (χ1n) is 6.56. The molecule has 2 rings (SSSR count). The fraction of sp³-hybridized carbons (Fsp3) is 0.188. The van der Waals surface area contributed by atoms with Gasteiger partial charge >= 0.3 is 0 Å². The Morgan fingerprint density at radius 2 is 1.95 bits per heavy atom. The van der Waals surface area contributed by atoms with E-state index in [1.54, 1.807) is 13.2 Å². The molecule has 0 heterocycles. The highest BCUT2D eigenvalue weighted by Gasteiger charge is 2.07. The van der Waals surface area contributed by atoms with Crippen molar-refractivity contribution in [2.45, 2.75) is 12.8 Å². The molecule has 4 nitrogen and oxygen atoms in total. The maximum Gasteiger partial charge on any atom is 0.224 e. The van der Waals surface area contributed by atoms with Crippen molar-refractivity contribution in [2.24, 2.45) is 0 Å². The molecular weight excluding hydrogens is 332 g/mol. The molecule has 0 aliphatic rings. The standard InChI is InChI=1S/C16H17BrN2O2/c1-21-13-7-8-14(17)15(10-13)19-16(20)9-4-11-2-5-12(18)6-3-11/h2-3,5-8,10H,4,9,18H2,1H3,(H,19,20). The number of carbonyl (C=O) groups is 1. The summed E-state index contributed by atoms with van der Waals surface area (Å²) < 4.78 is 5.97. The lowest BCUT2D eigenvalue weighted by atomic mass is 10.1. The van der Waals surface area contributed by atoms with Gasteiger partial charge in [-0.25, -0.2) is 0 Å². The molecule has 110 valence electrons. The lowest BCUT2D eigenvalue weighted by Gasteiger charge is -2.09. The molecule has 0 saturated heterocycles. The van der Waals surface area contributed by atoms with Crippen LogP contribution in [0.1, 0.15) is 12.0 Å². The lowest BCUT2D eigenvalue weighted by molar-refractivity contribution is -0.116. The van der Waals surface area contributed by atoms with E-state index >= 15 is 0 Å². The molecule has 0 atom stereocenters. The average molecular weight is 349 g/mol. The van der Waals surface area contributed by atoms with Gasteiger partial charge in [0.05, 0.1) is 12.8 Å². The Balaban J connectivity index is 1.94. The first-order chi connectivity index (χ1) is 10.1. The maximum atomic E-state index is 12.0. The highest BCUT2D eigenvalue weighted by atomic mass is 79.9. The van der Waals surface area contributed by atoms with E-state index < -0.39 is 0 Å². The van der Waals surface area contributed by atoms with Gasteiger partial charge in [0.1, 0.15) is 5.75 Å². The molecule has 0 aliphatic carbocycles. The number of nitrogen functional groups attached to an aromatic ring is 1. The van der Waals surface area contributed by atoms with Gasteiger partial charge in [-0.05, 0) is 52.2 Å². The normalized spacial score (nSPS) is 10.2. The van der Waals surface area contributed by atoms with E-state index in [9.17, 15) is 4.79 Å². The molecule has 2 aromatic carbocycles. The molecule has 0 saturated carbocycles. The van der Waals surface area contributed by atoms with Crippen molar-refractivity contribution < 1.29 is 9.53 Å². The molecule has 1 amide bonds. The number of halogens is 1. The molecule has 2 aromatic rings. The number of hydrogen-bond donors (Lipinski definition) is 2. The minimum Gasteiger partial charge on any atom is -0.497 e. The number of carbonyl (C=O) groups excluding carboxylic acids is 1. The van der Waals surface area contributed by atoms with E-state index in [-0.39, 0.29) is 5.91 Å². The fourth-order valence-corrected chi connectivity index (χ4v) is 2.23. The summed E-state index contributed by atoms with van der Waals surface area (Å²) in [6.07, 6.45) is 1.08. The third kappa shape index (κ3) is 4.49. The van der Waals surface area contributed by atoms with E-state index in [1.807, 2.05) is 36.4 Å². The van der Waals surface area contributed by atoms with Crippen LogP contribution in [0.5, 0.6) is 5.75 Å². The summed E-state index contributed by atoms with van der Waals surface area (Å²) in [5.41, 5.74) is 8.15. The Labute approximate surface area is 132 Å². The summed E-state index contributed by atoms with van der Waals surface area (Å²) >= 11 is 3.41. The number of benzene rings is 2. The number of nitrogens with one attached hydrogen (secondary N) is 1. The lowest BCUT2D eigenvalue weighted by Crippen LogP contribution is -2.12. The molecule has 0 aromatic heterocycles. The molecule has 0 spiro atoms. The van der Waals surface area contributed by atoms with E-state index in [1.165, 1.54) is 0 Å². The van der Waals surface area contributed by atoms with Crippen LogP contribution < -0.4 is 15.8 Å². The summed E-state index contributed by atoms with van der Waals surface area (Å²) in [4.78, 5) is 12.0. The Morgan fingerprint density at radius 1 is 1.24 bits per heavy atom. The molecular formula is C16H17BrN2O2. The monoisotopic (exact) mass is 348 g/mol. The van der Waals surface area contributed by atoms with Crippen LogP contribution in [0, 0.1) is 0 Å². The predicted octanol–water partition coefficient (Wildman–Crippen LogP) is 3.61. The van der Waals surface area contributed by atoms with Crippen LogP contribution in [0.25, 0.3) is 0 Å². The van der Waals surface area contributed by atoms with Crippen LogP contribution in [-0.4, -0.2) is 13.0 Å². The number of anilines is 2. The maximum absolute atomic E-state index is 12.0. The van der Waals surface area contributed by atoms with Gasteiger partial charge in [0.15, 0.2) is 0 Å². The molecule has 0 bridgehead atoms. The van der Waals surface area contributed by atoms with Crippen LogP contribution in [0.4, 0.5) is 11.4 Å². The van der Waals surface area contributed by atoms with Crippen molar-refractivity contribution in [1.29, 1.82) is 0 Å². The predicted molar refractivity (Wildman–Crippen MR) is 88.5 cm³/mol. The zero-order chi connectivity index (χ0) is 15.2. The minimum atomic E-state index is -0.0409. The minimum absolute atomic E-state index is 0.0409. The number of nitrogens with two attached hydrogens (primary N) is 1. The van der Waals surface area contributed by atoms with Crippen molar-refractivity contribution in [3.63, 3.8) is 0 Å². The van der Waals surface area contributed by atoms with E-state index in [0.717, 1.165) is 15.7 Å². The van der Waals surface area contributed by atoms with Gasteiger partial charge in [0.2, 0.25) is 5.91 Å². The Kier molecular flexibility index (Phi) is 5.22. The highest BCUT2D eigenvalue weighted by Crippen LogP contribution is 2.27. The molecule has 0 unspecified atom stereocenters. The molecule has 0 aliphatic heterocycles. The van der Waals surface area contributed by atoms with Gasteiger partial charge in [-0.1, -0.05) is 12.1 Å². The van der Waals surface area contributed by atoms with E-state index in [0.29, 0.717) is 24.3 Å². The largest absolute Gasteiger partial charge is 0.497 e. The van der Waals surface area contributed by atoms with Gasteiger partial charge in [0, 0.05) is 22.6 Å². The molecule has 3 N–H and O–H groups in total. The number of ether oxygens (including phenoxy) is 1. The smallest absolute Gasteiger partial charge is 0.224 e. The SMILES string of the molecule is COc1ccc(Br)c(NC(=O)CCc2ccc(N)cc2)c1. The summed E-state index contributed by atoms with van der Waals surface area (Å²) in [5, 5.41) is 2.88. The number of rotatable bonds is 5. The van der Waals surface area contributed by atoms with Crippen LogP contribution in [0.2, 0.25) is 0 Å². The third-order valence-corrected chi connectivity index (χ3v) is 3.76. The van der Waals surface area contributed by atoms with Crippen LogP contribution >= 0.6 is 15.9 Å². The van der Waals surface area contributed by atoms with Gasteiger partial charge in [-0.15, -0.1) is 0 Å². The summed E-state index contributed by atoms with van der Waals surface area (Å²) in [6.45, 7) is 0. The average Bonchev–Trinajstić information content (AvgIpc) is 2.49. The van der Waals surface area contributed by atoms with Crippen molar-refractivity contribution in [3.05, 3.63) is 52.5 Å². The second-order valence-electron chi connectivity index (χ2n) is 4.64. The number of aryl methyl sites for hydroxylation is 1. The molecule has 21 heavy (non-hydrogen) atoms.